The van der Waals surface area contributed by atoms with Crippen molar-refractivity contribution in [1.82, 2.24) is 4.90 Å². The Labute approximate surface area is 101 Å². The Morgan fingerprint density at radius 3 is 2.50 bits per heavy atom. The molecule has 1 aliphatic carbocycles. The van der Waals surface area contributed by atoms with E-state index in [0.717, 1.165) is 18.4 Å². The van der Waals surface area contributed by atoms with Gasteiger partial charge in [0.2, 0.25) is 0 Å². The highest BCUT2D eigenvalue weighted by molar-refractivity contribution is 4.85. The molecule has 2 N–H and O–H groups in total. The van der Waals surface area contributed by atoms with Crippen molar-refractivity contribution >= 4 is 0 Å². The zero-order valence-corrected chi connectivity index (χ0v) is 11.0. The van der Waals surface area contributed by atoms with Crippen molar-refractivity contribution in [3.8, 4) is 0 Å². The van der Waals surface area contributed by atoms with Gasteiger partial charge in [-0.2, -0.15) is 0 Å². The highest BCUT2D eigenvalue weighted by Crippen LogP contribution is 2.35. The van der Waals surface area contributed by atoms with Gasteiger partial charge in [-0.05, 0) is 37.1 Å². The quantitative estimate of drug-likeness (QED) is 0.798. The number of piperidine rings is 1. The molecule has 0 aromatic rings. The normalized spacial score (nSPS) is 33.8. The molecule has 0 aromatic heterocycles. The van der Waals surface area contributed by atoms with Gasteiger partial charge in [-0.15, -0.1) is 0 Å². The number of nitrogens with zero attached hydrogens (tertiary/aromatic N) is 1. The first-order chi connectivity index (χ1) is 7.66. The van der Waals surface area contributed by atoms with Gasteiger partial charge in [-0.1, -0.05) is 33.1 Å². The Morgan fingerprint density at radius 2 is 1.81 bits per heavy atom. The molecule has 1 saturated heterocycles. The van der Waals surface area contributed by atoms with Crippen LogP contribution in [0.2, 0.25) is 0 Å². The molecule has 16 heavy (non-hydrogen) atoms. The summed E-state index contributed by atoms with van der Waals surface area (Å²) in [6, 6.07) is 0.361. The molecule has 94 valence electrons. The number of fused-ring (bicyclic) bond motifs is 1. The Bertz CT molecular complexity index is 215. The predicted octanol–water partition coefficient (Wildman–Crippen LogP) is 2.48. The lowest BCUT2D eigenvalue weighted by atomic mass is 9.75. The lowest BCUT2D eigenvalue weighted by Crippen LogP contribution is -2.47. The smallest absolute Gasteiger partial charge is 0.0191 e. The van der Waals surface area contributed by atoms with Gasteiger partial charge >= 0.3 is 0 Å². The van der Waals surface area contributed by atoms with Crippen molar-refractivity contribution in [3.05, 3.63) is 0 Å². The summed E-state index contributed by atoms with van der Waals surface area (Å²) in [6.45, 7) is 8.20. The van der Waals surface area contributed by atoms with Crippen molar-refractivity contribution in [2.45, 2.75) is 52.0 Å². The largest absolute Gasteiger partial charge is 0.326 e. The summed E-state index contributed by atoms with van der Waals surface area (Å²) in [5, 5.41) is 0. The van der Waals surface area contributed by atoms with Crippen molar-refractivity contribution in [2.75, 3.05) is 19.6 Å². The van der Waals surface area contributed by atoms with Gasteiger partial charge in [0.1, 0.15) is 0 Å². The van der Waals surface area contributed by atoms with E-state index in [4.69, 9.17) is 5.73 Å². The van der Waals surface area contributed by atoms with Crippen molar-refractivity contribution in [3.63, 3.8) is 0 Å². The molecule has 1 saturated carbocycles. The molecule has 0 bridgehead atoms. The number of hydrogen-bond acceptors (Lipinski definition) is 2. The predicted molar refractivity (Wildman–Crippen MR) is 69.3 cm³/mol. The van der Waals surface area contributed by atoms with E-state index in [2.05, 4.69) is 18.7 Å². The third-order valence-corrected chi connectivity index (χ3v) is 4.70. The first-order valence-electron chi connectivity index (χ1n) is 7.14. The van der Waals surface area contributed by atoms with Crippen LogP contribution in [0.25, 0.3) is 0 Å². The Hall–Kier alpha value is -0.0800. The molecule has 3 atom stereocenters. The second-order valence-electron chi connectivity index (χ2n) is 6.26. The zero-order chi connectivity index (χ0) is 11.5. The number of rotatable bonds is 3. The molecule has 2 nitrogen and oxygen atoms in total. The minimum atomic E-state index is 0.361. The molecule has 0 radical (unpaired) electrons. The number of nitrogens with two attached hydrogens (primary N) is 1. The summed E-state index contributed by atoms with van der Waals surface area (Å²) in [5.41, 5.74) is 6.17. The fraction of sp³-hybridized carbons (Fsp3) is 1.00. The fourth-order valence-electron chi connectivity index (χ4n) is 3.35. The van der Waals surface area contributed by atoms with E-state index < -0.39 is 0 Å². The summed E-state index contributed by atoms with van der Waals surface area (Å²) >= 11 is 0. The van der Waals surface area contributed by atoms with E-state index in [0.29, 0.717) is 12.0 Å². The Morgan fingerprint density at radius 1 is 1.12 bits per heavy atom. The van der Waals surface area contributed by atoms with Crippen LogP contribution in [0.3, 0.4) is 0 Å². The highest BCUT2D eigenvalue weighted by atomic mass is 15.1. The first kappa shape index (κ1) is 12.4. The van der Waals surface area contributed by atoms with Crippen LogP contribution in [0.15, 0.2) is 0 Å². The van der Waals surface area contributed by atoms with Crippen molar-refractivity contribution in [1.29, 1.82) is 0 Å². The molecule has 0 aromatic carbocycles. The van der Waals surface area contributed by atoms with Gasteiger partial charge in [0.05, 0.1) is 0 Å². The molecule has 0 spiro atoms. The first-order valence-corrected chi connectivity index (χ1v) is 7.14. The molecule has 2 aliphatic rings. The molecule has 1 aliphatic heterocycles. The van der Waals surface area contributed by atoms with Crippen LogP contribution in [-0.4, -0.2) is 30.6 Å². The third-order valence-electron chi connectivity index (χ3n) is 4.70. The van der Waals surface area contributed by atoms with Crippen molar-refractivity contribution < 1.29 is 0 Å². The molecule has 2 heteroatoms. The van der Waals surface area contributed by atoms with E-state index in [1.54, 1.807) is 0 Å². The van der Waals surface area contributed by atoms with Crippen LogP contribution < -0.4 is 5.73 Å². The molecule has 3 unspecified atom stereocenters. The summed E-state index contributed by atoms with van der Waals surface area (Å²) in [7, 11) is 0. The Kier molecular flexibility index (Phi) is 4.26. The van der Waals surface area contributed by atoms with Crippen LogP contribution in [-0.2, 0) is 0 Å². The third kappa shape index (κ3) is 2.98. The summed E-state index contributed by atoms with van der Waals surface area (Å²) in [4.78, 5) is 2.62. The molecular weight excluding hydrogens is 196 g/mol. The van der Waals surface area contributed by atoms with E-state index >= 15 is 0 Å². The van der Waals surface area contributed by atoms with Gasteiger partial charge in [0.15, 0.2) is 0 Å². The maximum absolute atomic E-state index is 6.17. The molecule has 2 fully saturated rings. The van der Waals surface area contributed by atoms with Crippen LogP contribution in [0.4, 0.5) is 0 Å². The van der Waals surface area contributed by atoms with Gasteiger partial charge in [-0.25, -0.2) is 0 Å². The van der Waals surface area contributed by atoms with Crippen molar-refractivity contribution in [2.24, 2.45) is 23.5 Å². The minimum absolute atomic E-state index is 0.361. The van der Waals surface area contributed by atoms with E-state index in [1.165, 1.54) is 45.2 Å². The van der Waals surface area contributed by atoms with Crippen LogP contribution in [0.5, 0.6) is 0 Å². The summed E-state index contributed by atoms with van der Waals surface area (Å²) in [5.74, 6) is 2.64. The van der Waals surface area contributed by atoms with Gasteiger partial charge < -0.3 is 10.6 Å². The van der Waals surface area contributed by atoms with Gasteiger partial charge in [-0.3, -0.25) is 0 Å². The lowest BCUT2D eigenvalue weighted by Gasteiger charge is -2.42. The van der Waals surface area contributed by atoms with Crippen LogP contribution in [0.1, 0.15) is 46.0 Å². The van der Waals surface area contributed by atoms with Crippen LogP contribution >= 0.6 is 0 Å². The highest BCUT2D eigenvalue weighted by Gasteiger charge is 2.31. The maximum atomic E-state index is 6.17. The Balaban J connectivity index is 1.80. The van der Waals surface area contributed by atoms with Crippen LogP contribution in [0, 0.1) is 17.8 Å². The topological polar surface area (TPSA) is 29.3 Å². The average molecular weight is 224 g/mol. The maximum Gasteiger partial charge on any atom is 0.0191 e. The van der Waals surface area contributed by atoms with Gasteiger partial charge in [0.25, 0.3) is 0 Å². The van der Waals surface area contributed by atoms with E-state index in [-0.39, 0.29) is 0 Å². The van der Waals surface area contributed by atoms with Gasteiger partial charge in [0, 0.05) is 19.1 Å². The fourth-order valence-corrected chi connectivity index (χ4v) is 3.35. The minimum Gasteiger partial charge on any atom is -0.326 e. The summed E-state index contributed by atoms with van der Waals surface area (Å²) < 4.78 is 0. The molecule has 2 rings (SSSR count). The summed E-state index contributed by atoms with van der Waals surface area (Å²) in [6.07, 6.45) is 7.33. The second kappa shape index (κ2) is 5.50. The number of hydrogen-bond donors (Lipinski definition) is 1. The monoisotopic (exact) mass is 224 g/mol. The molecular formula is C14H28N2. The molecule has 0 amide bonds. The van der Waals surface area contributed by atoms with E-state index in [1.807, 2.05) is 0 Å². The second-order valence-corrected chi connectivity index (χ2v) is 6.26. The SMILES string of the molecule is CC(C)C(N)CN1CCC2CCCCC2C1. The van der Waals surface area contributed by atoms with E-state index in [9.17, 15) is 0 Å². The standard InChI is InChI=1S/C14H28N2/c1-11(2)14(15)10-16-8-7-12-5-3-4-6-13(12)9-16/h11-14H,3-10,15H2,1-2H3. The average Bonchev–Trinajstić information content (AvgIpc) is 2.28. The lowest BCUT2D eigenvalue weighted by molar-refractivity contribution is 0.0794. The molecule has 1 heterocycles. The zero-order valence-electron chi connectivity index (χ0n) is 11.0. The number of likely N-dealkylation sites (tertiary alicyclic amines) is 1.